The van der Waals surface area contributed by atoms with Gasteiger partial charge in [-0.25, -0.2) is 8.42 Å². The number of rotatable bonds is 6. The summed E-state index contributed by atoms with van der Waals surface area (Å²) in [7, 11) is -2.11. The second-order valence-electron chi connectivity index (χ2n) is 6.07. The molecule has 0 atom stereocenters. The molecule has 0 bridgehead atoms. The molecule has 8 nitrogen and oxygen atoms in total. The Balaban J connectivity index is 1.73. The van der Waals surface area contributed by atoms with Crippen LogP contribution in [0.25, 0.3) is 0 Å². The Hall–Kier alpha value is -2.23. The Morgan fingerprint density at radius 2 is 2.08 bits per heavy atom. The van der Waals surface area contributed by atoms with E-state index >= 15 is 0 Å². The summed E-state index contributed by atoms with van der Waals surface area (Å²) in [4.78, 5) is 12.4. The zero-order valence-corrected chi connectivity index (χ0v) is 15.2. The topological polar surface area (TPSA) is 102 Å². The third kappa shape index (κ3) is 4.12. The summed E-state index contributed by atoms with van der Waals surface area (Å²) in [5.41, 5.74) is 0.858. The molecule has 2 heterocycles. The van der Waals surface area contributed by atoms with Crippen LogP contribution in [0.15, 0.2) is 46.0 Å². The van der Waals surface area contributed by atoms with Crippen LogP contribution >= 0.6 is 0 Å². The summed E-state index contributed by atoms with van der Waals surface area (Å²) >= 11 is 0. The molecule has 26 heavy (non-hydrogen) atoms. The van der Waals surface area contributed by atoms with Crippen LogP contribution in [0, 0.1) is 0 Å². The van der Waals surface area contributed by atoms with E-state index in [0.29, 0.717) is 31.7 Å². The van der Waals surface area contributed by atoms with E-state index < -0.39 is 10.0 Å². The lowest BCUT2D eigenvalue weighted by Gasteiger charge is -2.30. The number of nitrogens with zero attached hydrogens (tertiary/aromatic N) is 2. The van der Waals surface area contributed by atoms with Crippen LogP contribution in [0.2, 0.25) is 0 Å². The molecule has 0 radical (unpaired) electrons. The number of benzene rings is 1. The summed E-state index contributed by atoms with van der Waals surface area (Å²) in [5, 5.41) is 6.40. The van der Waals surface area contributed by atoms with E-state index in [2.05, 4.69) is 10.5 Å². The Morgan fingerprint density at radius 1 is 1.31 bits per heavy atom. The SMILES string of the molecule is CN(C1CCOCC1)S(=O)(=O)c1cccc(C(=O)NCc2ccon2)c1. The van der Waals surface area contributed by atoms with Crippen molar-refractivity contribution in [3.63, 3.8) is 0 Å². The van der Waals surface area contributed by atoms with Crippen LogP contribution in [-0.2, 0) is 21.3 Å². The molecule has 1 saturated heterocycles. The van der Waals surface area contributed by atoms with Gasteiger partial charge in [-0.1, -0.05) is 11.2 Å². The van der Waals surface area contributed by atoms with Crippen LogP contribution in [-0.4, -0.2) is 50.1 Å². The second kappa shape index (κ2) is 7.98. The van der Waals surface area contributed by atoms with Crippen LogP contribution in [0.4, 0.5) is 0 Å². The molecule has 1 N–H and O–H groups in total. The molecule has 1 aromatic carbocycles. The zero-order chi connectivity index (χ0) is 18.6. The third-order valence-corrected chi connectivity index (χ3v) is 6.31. The summed E-state index contributed by atoms with van der Waals surface area (Å²) in [6, 6.07) is 7.58. The number of amides is 1. The molecule has 1 aliphatic rings. The molecule has 140 valence electrons. The van der Waals surface area contributed by atoms with E-state index in [0.717, 1.165) is 0 Å². The molecule has 0 saturated carbocycles. The lowest BCUT2D eigenvalue weighted by molar-refractivity contribution is 0.0632. The van der Waals surface area contributed by atoms with Gasteiger partial charge in [-0.3, -0.25) is 4.79 Å². The number of carbonyl (C=O) groups excluding carboxylic acids is 1. The van der Waals surface area contributed by atoms with E-state index in [4.69, 9.17) is 9.26 Å². The highest BCUT2D eigenvalue weighted by Crippen LogP contribution is 2.22. The summed E-state index contributed by atoms with van der Waals surface area (Å²) in [5.74, 6) is -0.376. The van der Waals surface area contributed by atoms with Gasteiger partial charge in [0.15, 0.2) is 0 Å². The fraction of sp³-hybridized carbons (Fsp3) is 0.412. The van der Waals surface area contributed by atoms with Crippen LogP contribution in [0.5, 0.6) is 0 Å². The van der Waals surface area contributed by atoms with Crippen molar-refractivity contribution in [1.29, 1.82) is 0 Å². The maximum Gasteiger partial charge on any atom is 0.251 e. The molecule has 1 aromatic heterocycles. The molecule has 1 aliphatic heterocycles. The van der Waals surface area contributed by atoms with Crippen LogP contribution in [0.1, 0.15) is 28.9 Å². The van der Waals surface area contributed by atoms with Crippen molar-refractivity contribution in [2.75, 3.05) is 20.3 Å². The predicted octanol–water partition coefficient (Wildman–Crippen LogP) is 1.40. The molecular weight excluding hydrogens is 358 g/mol. The fourth-order valence-electron chi connectivity index (χ4n) is 2.81. The van der Waals surface area contributed by atoms with Gasteiger partial charge in [0.25, 0.3) is 5.91 Å². The molecule has 0 unspecified atom stereocenters. The summed E-state index contributed by atoms with van der Waals surface area (Å²) < 4.78 is 37.1. The monoisotopic (exact) mass is 379 g/mol. The highest BCUT2D eigenvalue weighted by Gasteiger charge is 2.29. The Morgan fingerprint density at radius 3 is 2.77 bits per heavy atom. The van der Waals surface area contributed by atoms with Crippen molar-refractivity contribution < 1.29 is 22.5 Å². The van der Waals surface area contributed by atoms with Gasteiger partial charge in [-0.05, 0) is 31.0 Å². The van der Waals surface area contributed by atoms with E-state index in [-0.39, 0.29) is 29.0 Å². The number of sulfonamides is 1. The molecule has 1 fully saturated rings. The van der Waals surface area contributed by atoms with E-state index in [1.807, 2.05) is 0 Å². The highest BCUT2D eigenvalue weighted by atomic mass is 32.2. The lowest BCUT2D eigenvalue weighted by atomic mass is 10.1. The Kier molecular flexibility index (Phi) is 5.70. The molecule has 9 heteroatoms. The van der Waals surface area contributed by atoms with Gasteiger partial charge in [-0.2, -0.15) is 4.31 Å². The quantitative estimate of drug-likeness (QED) is 0.814. The van der Waals surface area contributed by atoms with Gasteiger partial charge >= 0.3 is 0 Å². The van der Waals surface area contributed by atoms with Gasteiger partial charge in [0.05, 0.1) is 11.4 Å². The number of ether oxygens (including phenoxy) is 1. The second-order valence-corrected chi connectivity index (χ2v) is 8.06. The van der Waals surface area contributed by atoms with Crippen molar-refractivity contribution in [3.8, 4) is 0 Å². The number of carbonyl (C=O) groups is 1. The average Bonchev–Trinajstić information content (AvgIpc) is 3.20. The maximum atomic E-state index is 12.9. The first-order valence-electron chi connectivity index (χ1n) is 8.32. The highest BCUT2D eigenvalue weighted by molar-refractivity contribution is 7.89. The zero-order valence-electron chi connectivity index (χ0n) is 14.4. The first-order valence-corrected chi connectivity index (χ1v) is 9.76. The van der Waals surface area contributed by atoms with E-state index in [1.165, 1.54) is 22.7 Å². The Bertz CT molecular complexity index is 845. The summed E-state index contributed by atoms with van der Waals surface area (Å²) in [6.45, 7) is 1.30. The van der Waals surface area contributed by atoms with Crippen molar-refractivity contribution >= 4 is 15.9 Å². The van der Waals surface area contributed by atoms with Gasteiger partial charge < -0.3 is 14.6 Å². The largest absolute Gasteiger partial charge is 0.381 e. The number of aromatic nitrogens is 1. The molecule has 0 aliphatic carbocycles. The number of nitrogens with one attached hydrogen (secondary N) is 1. The smallest absolute Gasteiger partial charge is 0.251 e. The minimum absolute atomic E-state index is 0.0978. The Labute approximate surface area is 152 Å². The first kappa shape index (κ1) is 18.6. The molecule has 0 spiro atoms. The number of hydrogen-bond acceptors (Lipinski definition) is 6. The van der Waals surface area contributed by atoms with Crippen molar-refractivity contribution in [1.82, 2.24) is 14.8 Å². The molecular formula is C17H21N3O5S. The van der Waals surface area contributed by atoms with Gasteiger partial charge in [0.2, 0.25) is 10.0 Å². The standard InChI is InChI=1S/C17H21N3O5S/c1-20(15-6-8-24-9-7-15)26(22,23)16-4-2-3-13(11-16)17(21)18-12-14-5-10-25-19-14/h2-5,10-11,15H,6-9,12H2,1H3,(H,18,21). The van der Waals surface area contributed by atoms with Crippen molar-refractivity contribution in [3.05, 3.63) is 47.9 Å². The number of hydrogen-bond donors (Lipinski definition) is 1. The van der Waals surface area contributed by atoms with E-state index in [9.17, 15) is 13.2 Å². The third-order valence-electron chi connectivity index (χ3n) is 4.40. The van der Waals surface area contributed by atoms with Crippen molar-refractivity contribution in [2.24, 2.45) is 0 Å². The van der Waals surface area contributed by atoms with E-state index in [1.54, 1.807) is 25.2 Å². The predicted molar refractivity (Wildman–Crippen MR) is 92.9 cm³/mol. The van der Waals surface area contributed by atoms with Gasteiger partial charge in [0, 0.05) is 37.9 Å². The average molecular weight is 379 g/mol. The maximum absolute atomic E-state index is 12.9. The molecule has 2 aromatic rings. The minimum Gasteiger partial charge on any atom is -0.381 e. The molecule has 1 amide bonds. The van der Waals surface area contributed by atoms with Crippen molar-refractivity contribution in [2.45, 2.75) is 30.3 Å². The lowest BCUT2D eigenvalue weighted by Crippen LogP contribution is -2.40. The van der Waals surface area contributed by atoms with Gasteiger partial charge in [-0.15, -0.1) is 0 Å². The molecule has 3 rings (SSSR count). The van der Waals surface area contributed by atoms with Crippen LogP contribution < -0.4 is 5.32 Å². The fourth-order valence-corrected chi connectivity index (χ4v) is 4.27. The normalized spacial score (nSPS) is 15.9. The minimum atomic E-state index is -3.68. The van der Waals surface area contributed by atoms with Gasteiger partial charge in [0.1, 0.15) is 12.0 Å². The summed E-state index contributed by atoms with van der Waals surface area (Å²) in [6.07, 6.45) is 2.74. The van der Waals surface area contributed by atoms with Crippen LogP contribution in [0.3, 0.4) is 0 Å². The first-order chi connectivity index (χ1) is 12.5.